The van der Waals surface area contributed by atoms with Crippen molar-refractivity contribution in [1.29, 1.82) is 0 Å². The van der Waals surface area contributed by atoms with Gasteiger partial charge >= 0.3 is 0 Å². The number of carbonyl (C=O) groups is 2. The zero-order valence-corrected chi connectivity index (χ0v) is 19.5. The zero-order valence-electron chi connectivity index (χ0n) is 19.5. The second kappa shape index (κ2) is 11.1. The summed E-state index contributed by atoms with van der Waals surface area (Å²) in [6.45, 7) is 3.00. The molecule has 2 unspecified atom stereocenters. The Morgan fingerprint density at radius 3 is 2.38 bits per heavy atom. The Morgan fingerprint density at radius 2 is 1.72 bits per heavy atom. The van der Waals surface area contributed by atoms with Crippen LogP contribution in [0.1, 0.15) is 50.5 Å². The Labute approximate surface area is 192 Å². The summed E-state index contributed by atoms with van der Waals surface area (Å²) >= 11 is 0. The third-order valence-corrected chi connectivity index (χ3v) is 7.72. The lowest BCUT2D eigenvalue weighted by atomic mass is 9.83. The predicted molar refractivity (Wildman–Crippen MR) is 126 cm³/mol. The largest absolute Gasteiger partial charge is 0.381 e. The Morgan fingerprint density at radius 1 is 1.00 bits per heavy atom. The van der Waals surface area contributed by atoms with E-state index in [0.29, 0.717) is 25.0 Å². The van der Waals surface area contributed by atoms with Crippen LogP contribution < -0.4 is 0 Å². The minimum absolute atomic E-state index is 0.0769. The maximum atomic E-state index is 13.4. The van der Waals surface area contributed by atoms with Crippen molar-refractivity contribution in [3.05, 3.63) is 48.0 Å². The highest BCUT2D eigenvalue weighted by atomic mass is 16.5. The van der Waals surface area contributed by atoms with Gasteiger partial charge in [-0.1, -0.05) is 42.5 Å². The summed E-state index contributed by atoms with van der Waals surface area (Å²) in [5.41, 5.74) is 1.27. The molecule has 32 heavy (non-hydrogen) atoms. The average molecular weight is 439 g/mol. The lowest BCUT2D eigenvalue weighted by molar-refractivity contribution is -0.142. The molecule has 0 saturated carbocycles. The van der Waals surface area contributed by atoms with Crippen LogP contribution in [0.2, 0.25) is 0 Å². The summed E-state index contributed by atoms with van der Waals surface area (Å²) in [7, 11) is 2.00. The number of rotatable bonds is 6. The standard InChI is InChI=1S/C27H38N2O3/c1-28(26(30)24-14-18-32-19-15-24)25(20-21-8-4-2-5-9-21)22-12-16-29(17-13-22)27(31)23-10-6-3-7-11-23/h2-6,8-9,22-25H,7,10-20H2,1H3. The molecular formula is C27H38N2O3. The van der Waals surface area contributed by atoms with Gasteiger partial charge in [-0.2, -0.15) is 0 Å². The van der Waals surface area contributed by atoms with E-state index < -0.39 is 0 Å². The lowest BCUT2D eigenvalue weighted by Crippen LogP contribution is -2.50. The number of hydrogen-bond donors (Lipinski definition) is 0. The van der Waals surface area contributed by atoms with Gasteiger partial charge in [-0.05, 0) is 62.8 Å². The molecule has 1 aromatic rings. The summed E-state index contributed by atoms with van der Waals surface area (Å²) in [4.78, 5) is 30.5. The van der Waals surface area contributed by atoms with Crippen LogP contribution in [0, 0.1) is 17.8 Å². The molecule has 1 aliphatic carbocycles. The average Bonchev–Trinajstić information content (AvgIpc) is 2.88. The molecule has 5 heteroatoms. The van der Waals surface area contributed by atoms with Gasteiger partial charge in [0.25, 0.3) is 0 Å². The molecule has 2 saturated heterocycles. The van der Waals surface area contributed by atoms with Crippen LogP contribution in [0.15, 0.2) is 42.5 Å². The number of nitrogens with zero attached hydrogens (tertiary/aromatic N) is 2. The molecule has 2 heterocycles. The normalized spacial score (nSPS) is 23.7. The second-order valence-corrected chi connectivity index (χ2v) is 9.74. The fourth-order valence-corrected chi connectivity index (χ4v) is 5.65. The van der Waals surface area contributed by atoms with Crippen molar-refractivity contribution in [3.8, 4) is 0 Å². The SMILES string of the molecule is CN(C(=O)C1CCOCC1)C(Cc1ccccc1)C1CCN(C(=O)C2CC=CCC2)CC1. The fourth-order valence-electron chi connectivity index (χ4n) is 5.65. The molecule has 2 fully saturated rings. The maximum absolute atomic E-state index is 13.4. The summed E-state index contributed by atoms with van der Waals surface area (Å²) < 4.78 is 5.47. The molecular weight excluding hydrogens is 400 g/mol. The third kappa shape index (κ3) is 5.61. The first-order valence-corrected chi connectivity index (χ1v) is 12.5. The molecule has 2 aliphatic heterocycles. The highest BCUT2D eigenvalue weighted by Crippen LogP contribution is 2.30. The topological polar surface area (TPSA) is 49.9 Å². The summed E-state index contributed by atoms with van der Waals surface area (Å²) in [5.74, 6) is 1.25. The van der Waals surface area contributed by atoms with Crippen LogP contribution >= 0.6 is 0 Å². The van der Waals surface area contributed by atoms with Crippen LogP contribution in [-0.2, 0) is 20.7 Å². The monoisotopic (exact) mass is 438 g/mol. The van der Waals surface area contributed by atoms with E-state index in [9.17, 15) is 9.59 Å². The molecule has 1 aromatic carbocycles. The Balaban J connectivity index is 1.42. The number of piperidine rings is 1. The van der Waals surface area contributed by atoms with Crippen LogP contribution in [-0.4, -0.2) is 61.0 Å². The van der Waals surface area contributed by atoms with E-state index in [1.165, 1.54) is 5.56 Å². The Kier molecular flexibility index (Phi) is 8.01. The number of hydrogen-bond acceptors (Lipinski definition) is 3. The minimum atomic E-state index is 0.0769. The van der Waals surface area contributed by atoms with Gasteiger partial charge in [0.1, 0.15) is 0 Å². The van der Waals surface area contributed by atoms with Crippen molar-refractivity contribution in [2.45, 2.75) is 57.4 Å². The number of allylic oxidation sites excluding steroid dienone is 2. The fraction of sp³-hybridized carbons (Fsp3) is 0.630. The highest BCUT2D eigenvalue weighted by Gasteiger charge is 2.36. The number of likely N-dealkylation sites (tertiary alicyclic amines) is 1. The van der Waals surface area contributed by atoms with Crippen molar-refractivity contribution in [1.82, 2.24) is 9.80 Å². The van der Waals surface area contributed by atoms with E-state index in [1.54, 1.807) is 0 Å². The third-order valence-electron chi connectivity index (χ3n) is 7.72. The molecule has 0 spiro atoms. The second-order valence-electron chi connectivity index (χ2n) is 9.74. The minimum Gasteiger partial charge on any atom is -0.381 e. The number of ether oxygens (including phenoxy) is 1. The lowest BCUT2D eigenvalue weighted by Gasteiger charge is -2.42. The van der Waals surface area contributed by atoms with Gasteiger partial charge in [-0.3, -0.25) is 9.59 Å². The van der Waals surface area contributed by atoms with Gasteiger partial charge in [-0.15, -0.1) is 0 Å². The molecule has 4 rings (SSSR count). The van der Waals surface area contributed by atoms with E-state index in [-0.39, 0.29) is 23.8 Å². The van der Waals surface area contributed by atoms with E-state index in [4.69, 9.17) is 4.74 Å². The van der Waals surface area contributed by atoms with E-state index >= 15 is 0 Å². The molecule has 3 aliphatic rings. The first-order chi connectivity index (χ1) is 15.6. The zero-order chi connectivity index (χ0) is 22.3. The van der Waals surface area contributed by atoms with Crippen LogP contribution in [0.25, 0.3) is 0 Å². The molecule has 0 radical (unpaired) electrons. The maximum Gasteiger partial charge on any atom is 0.226 e. The number of amides is 2. The first-order valence-electron chi connectivity index (χ1n) is 12.5. The molecule has 2 amide bonds. The first kappa shape index (κ1) is 23.0. The van der Waals surface area contributed by atoms with E-state index in [2.05, 4.69) is 41.3 Å². The Bertz CT molecular complexity index is 779. The van der Waals surface area contributed by atoms with Crippen molar-refractivity contribution in [3.63, 3.8) is 0 Å². The summed E-state index contributed by atoms with van der Waals surface area (Å²) in [5, 5.41) is 0. The molecule has 5 nitrogen and oxygen atoms in total. The quantitative estimate of drug-likeness (QED) is 0.629. The number of carbonyl (C=O) groups excluding carboxylic acids is 2. The predicted octanol–water partition coefficient (Wildman–Crippen LogP) is 4.08. The number of likely N-dealkylation sites (N-methyl/N-ethyl adjacent to an activating group) is 1. The highest BCUT2D eigenvalue weighted by molar-refractivity contribution is 5.80. The van der Waals surface area contributed by atoms with Crippen LogP contribution in [0.4, 0.5) is 0 Å². The van der Waals surface area contributed by atoms with Crippen molar-refractivity contribution >= 4 is 11.8 Å². The van der Waals surface area contributed by atoms with E-state index in [1.807, 2.05) is 18.0 Å². The molecule has 2 atom stereocenters. The summed E-state index contributed by atoms with van der Waals surface area (Å²) in [6, 6.07) is 10.7. The van der Waals surface area contributed by atoms with Gasteiger partial charge in [0.15, 0.2) is 0 Å². The molecule has 0 bridgehead atoms. The molecule has 0 N–H and O–H groups in total. The number of benzene rings is 1. The molecule has 0 aromatic heterocycles. The molecule has 174 valence electrons. The van der Waals surface area contributed by atoms with Crippen molar-refractivity contribution in [2.24, 2.45) is 17.8 Å². The van der Waals surface area contributed by atoms with Crippen LogP contribution in [0.5, 0.6) is 0 Å². The van der Waals surface area contributed by atoms with Gasteiger partial charge in [-0.25, -0.2) is 0 Å². The van der Waals surface area contributed by atoms with Crippen molar-refractivity contribution < 1.29 is 14.3 Å². The van der Waals surface area contributed by atoms with E-state index in [0.717, 1.165) is 64.5 Å². The Hall–Kier alpha value is -2.14. The smallest absolute Gasteiger partial charge is 0.226 e. The van der Waals surface area contributed by atoms with Gasteiger partial charge < -0.3 is 14.5 Å². The summed E-state index contributed by atoms with van der Waals surface area (Å²) in [6.07, 6.45) is 11.7. The van der Waals surface area contributed by atoms with Gasteiger partial charge in [0.2, 0.25) is 11.8 Å². The van der Waals surface area contributed by atoms with Crippen molar-refractivity contribution in [2.75, 3.05) is 33.4 Å². The van der Waals surface area contributed by atoms with Crippen LogP contribution in [0.3, 0.4) is 0 Å². The van der Waals surface area contributed by atoms with Gasteiger partial charge in [0.05, 0.1) is 0 Å². The van der Waals surface area contributed by atoms with Gasteiger partial charge in [0, 0.05) is 51.2 Å².